The Morgan fingerprint density at radius 2 is 2.00 bits per heavy atom. The highest BCUT2D eigenvalue weighted by molar-refractivity contribution is 5.89. The van der Waals surface area contributed by atoms with Crippen LogP contribution in [0.2, 0.25) is 0 Å². The molecule has 0 bridgehead atoms. The smallest absolute Gasteiger partial charge is 0.422 e. The number of carbonyl (C=O) groups is 1. The number of carbonyl (C=O) groups excluding carboxylic acids is 1. The second kappa shape index (κ2) is 7.03. The molecule has 2 rings (SSSR count). The van der Waals surface area contributed by atoms with Crippen LogP contribution in [0.15, 0.2) is 34.9 Å². The van der Waals surface area contributed by atoms with Crippen molar-refractivity contribution in [1.82, 2.24) is 10.5 Å². The van der Waals surface area contributed by atoms with Gasteiger partial charge in [-0.25, -0.2) is 4.79 Å². The quantitative estimate of drug-likeness (QED) is 0.883. The zero-order valence-corrected chi connectivity index (χ0v) is 12.1. The number of ether oxygens (including phenoxy) is 1. The molecule has 23 heavy (non-hydrogen) atoms. The van der Waals surface area contributed by atoms with Gasteiger partial charge in [0.15, 0.2) is 6.61 Å². The van der Waals surface area contributed by atoms with Crippen molar-refractivity contribution < 1.29 is 27.2 Å². The third-order valence-corrected chi connectivity index (χ3v) is 2.62. The first-order valence-electron chi connectivity index (χ1n) is 6.58. The Balaban J connectivity index is 1.79. The molecule has 6 nitrogen and oxygen atoms in total. The van der Waals surface area contributed by atoms with Crippen LogP contribution in [0.4, 0.5) is 23.7 Å². The second-order valence-corrected chi connectivity index (χ2v) is 4.66. The summed E-state index contributed by atoms with van der Waals surface area (Å²) in [6.07, 6.45) is -4.39. The Morgan fingerprint density at radius 1 is 1.30 bits per heavy atom. The summed E-state index contributed by atoms with van der Waals surface area (Å²) < 4.78 is 45.5. The molecule has 0 saturated heterocycles. The standard InChI is InChI=1S/C14H14F3N3O3/c1-9-6-11(20-23-9)7-18-13(21)19-10-2-4-12(5-3-10)22-8-14(15,16)17/h2-6H,7-8H2,1H3,(H2,18,19,21). The van der Waals surface area contributed by atoms with Gasteiger partial charge >= 0.3 is 12.2 Å². The molecule has 1 heterocycles. The molecular formula is C14H14F3N3O3. The molecular weight excluding hydrogens is 315 g/mol. The molecule has 0 aliphatic heterocycles. The van der Waals surface area contributed by atoms with E-state index in [2.05, 4.69) is 20.5 Å². The third-order valence-electron chi connectivity index (χ3n) is 2.62. The van der Waals surface area contributed by atoms with Crippen molar-refractivity contribution >= 4 is 11.7 Å². The lowest BCUT2D eigenvalue weighted by atomic mass is 10.3. The summed E-state index contributed by atoms with van der Waals surface area (Å²) >= 11 is 0. The van der Waals surface area contributed by atoms with Gasteiger partial charge in [-0.2, -0.15) is 13.2 Å². The van der Waals surface area contributed by atoms with Crippen molar-refractivity contribution in [3.05, 3.63) is 41.8 Å². The Kier molecular flexibility index (Phi) is 5.09. The maximum absolute atomic E-state index is 12.0. The number of aryl methyl sites for hydroxylation is 1. The van der Waals surface area contributed by atoms with Crippen LogP contribution in [0.3, 0.4) is 0 Å². The zero-order chi connectivity index (χ0) is 16.9. The lowest BCUT2D eigenvalue weighted by Gasteiger charge is -2.10. The number of nitrogens with one attached hydrogen (secondary N) is 2. The molecule has 2 amide bonds. The summed E-state index contributed by atoms with van der Waals surface area (Å²) in [5, 5.41) is 8.82. The summed E-state index contributed by atoms with van der Waals surface area (Å²) in [4.78, 5) is 11.7. The predicted octanol–water partition coefficient (Wildman–Crippen LogP) is 3.25. The number of alkyl halides is 3. The molecule has 0 fully saturated rings. The highest BCUT2D eigenvalue weighted by Crippen LogP contribution is 2.20. The van der Waals surface area contributed by atoms with Gasteiger partial charge in [-0.3, -0.25) is 0 Å². The number of hydrogen-bond donors (Lipinski definition) is 2. The Labute approximate surface area is 129 Å². The molecule has 0 aliphatic rings. The molecule has 0 aliphatic carbocycles. The van der Waals surface area contributed by atoms with Crippen LogP contribution in [0.25, 0.3) is 0 Å². The van der Waals surface area contributed by atoms with Crippen LogP contribution < -0.4 is 15.4 Å². The van der Waals surface area contributed by atoms with Crippen molar-refractivity contribution in [2.24, 2.45) is 0 Å². The number of halogens is 3. The lowest BCUT2D eigenvalue weighted by Crippen LogP contribution is -2.28. The van der Waals surface area contributed by atoms with E-state index >= 15 is 0 Å². The van der Waals surface area contributed by atoms with Crippen LogP contribution in [-0.2, 0) is 6.54 Å². The molecule has 2 aromatic rings. The molecule has 0 saturated carbocycles. The summed E-state index contributed by atoms with van der Waals surface area (Å²) in [5.41, 5.74) is 0.992. The fourth-order valence-electron chi connectivity index (χ4n) is 1.65. The minimum Gasteiger partial charge on any atom is -0.484 e. The van der Waals surface area contributed by atoms with Gasteiger partial charge in [-0.15, -0.1) is 0 Å². The fourth-order valence-corrected chi connectivity index (χ4v) is 1.65. The molecule has 0 radical (unpaired) electrons. The van der Waals surface area contributed by atoms with Crippen molar-refractivity contribution in [2.75, 3.05) is 11.9 Å². The summed E-state index contributed by atoms with van der Waals surface area (Å²) in [5.74, 6) is 0.697. The first-order chi connectivity index (χ1) is 10.8. The van der Waals surface area contributed by atoms with E-state index in [1.807, 2.05) is 0 Å². The molecule has 2 N–H and O–H groups in total. The van der Waals surface area contributed by atoms with Crippen molar-refractivity contribution in [3.8, 4) is 5.75 Å². The molecule has 0 atom stereocenters. The number of anilines is 1. The Morgan fingerprint density at radius 3 is 2.57 bits per heavy atom. The van der Waals surface area contributed by atoms with E-state index < -0.39 is 18.8 Å². The van der Waals surface area contributed by atoms with E-state index in [4.69, 9.17) is 4.52 Å². The summed E-state index contributed by atoms with van der Waals surface area (Å²) in [6, 6.07) is 6.75. The highest BCUT2D eigenvalue weighted by Gasteiger charge is 2.28. The maximum atomic E-state index is 12.0. The van der Waals surface area contributed by atoms with E-state index in [1.165, 1.54) is 24.3 Å². The topological polar surface area (TPSA) is 76.4 Å². The normalized spacial score (nSPS) is 11.1. The van der Waals surface area contributed by atoms with Crippen LogP contribution in [-0.4, -0.2) is 24.0 Å². The van der Waals surface area contributed by atoms with Gasteiger partial charge in [0.2, 0.25) is 0 Å². The SMILES string of the molecule is Cc1cc(CNC(=O)Nc2ccc(OCC(F)(F)F)cc2)no1. The van der Waals surface area contributed by atoms with E-state index in [0.29, 0.717) is 17.1 Å². The number of rotatable bonds is 5. The third kappa shape index (κ3) is 5.89. The molecule has 0 spiro atoms. The number of benzene rings is 1. The Hall–Kier alpha value is -2.71. The molecule has 124 valence electrons. The van der Waals surface area contributed by atoms with Crippen molar-refractivity contribution in [3.63, 3.8) is 0 Å². The fraction of sp³-hybridized carbons (Fsp3) is 0.286. The maximum Gasteiger partial charge on any atom is 0.422 e. The van der Waals surface area contributed by atoms with Gasteiger partial charge < -0.3 is 19.9 Å². The van der Waals surface area contributed by atoms with E-state index in [9.17, 15) is 18.0 Å². The highest BCUT2D eigenvalue weighted by atomic mass is 19.4. The monoisotopic (exact) mass is 329 g/mol. The van der Waals surface area contributed by atoms with Crippen LogP contribution in [0, 0.1) is 6.92 Å². The predicted molar refractivity (Wildman–Crippen MR) is 75.1 cm³/mol. The number of aromatic nitrogens is 1. The lowest BCUT2D eigenvalue weighted by molar-refractivity contribution is -0.153. The minimum atomic E-state index is -4.39. The van der Waals surface area contributed by atoms with Gasteiger partial charge in [-0.05, 0) is 31.2 Å². The van der Waals surface area contributed by atoms with Gasteiger partial charge in [0.25, 0.3) is 0 Å². The van der Waals surface area contributed by atoms with Crippen LogP contribution >= 0.6 is 0 Å². The molecule has 0 unspecified atom stereocenters. The summed E-state index contributed by atoms with van der Waals surface area (Å²) in [6.45, 7) is 0.562. The van der Waals surface area contributed by atoms with E-state index in [1.54, 1.807) is 13.0 Å². The van der Waals surface area contributed by atoms with Crippen molar-refractivity contribution in [2.45, 2.75) is 19.6 Å². The van der Waals surface area contributed by atoms with Gasteiger partial charge in [0.1, 0.15) is 17.2 Å². The largest absolute Gasteiger partial charge is 0.484 e. The first-order valence-corrected chi connectivity index (χ1v) is 6.58. The van der Waals surface area contributed by atoms with Crippen molar-refractivity contribution in [1.29, 1.82) is 0 Å². The molecule has 1 aromatic carbocycles. The second-order valence-electron chi connectivity index (χ2n) is 4.66. The number of hydrogen-bond acceptors (Lipinski definition) is 4. The molecule has 9 heteroatoms. The Bertz CT molecular complexity index is 653. The number of urea groups is 1. The average molecular weight is 329 g/mol. The number of nitrogens with zero attached hydrogens (tertiary/aromatic N) is 1. The van der Waals surface area contributed by atoms with E-state index in [0.717, 1.165) is 0 Å². The zero-order valence-electron chi connectivity index (χ0n) is 12.1. The minimum absolute atomic E-state index is 0.0614. The van der Waals surface area contributed by atoms with Gasteiger partial charge in [0.05, 0.1) is 6.54 Å². The van der Waals surface area contributed by atoms with Crippen LogP contribution in [0.5, 0.6) is 5.75 Å². The van der Waals surface area contributed by atoms with Gasteiger partial charge in [0, 0.05) is 11.8 Å². The van der Waals surface area contributed by atoms with Gasteiger partial charge in [-0.1, -0.05) is 5.16 Å². The van der Waals surface area contributed by atoms with E-state index in [-0.39, 0.29) is 12.3 Å². The number of amides is 2. The average Bonchev–Trinajstić information content (AvgIpc) is 2.89. The summed E-state index contributed by atoms with van der Waals surface area (Å²) in [7, 11) is 0. The first kappa shape index (κ1) is 16.7. The van der Waals surface area contributed by atoms with Crippen LogP contribution in [0.1, 0.15) is 11.5 Å². The molecule has 1 aromatic heterocycles.